The Balaban J connectivity index is 2.04. The summed E-state index contributed by atoms with van der Waals surface area (Å²) in [6.07, 6.45) is -2.30. The molecular weight excluding hydrogens is 374 g/mol. The topological polar surface area (TPSA) is 38.7 Å². The molecule has 0 aliphatic heterocycles. The lowest BCUT2D eigenvalue weighted by Crippen LogP contribution is -2.20. The largest absolute Gasteiger partial charge is 0.491 e. The van der Waals surface area contributed by atoms with E-state index < -0.39 is 19.0 Å². The summed E-state index contributed by atoms with van der Waals surface area (Å²) in [5, 5.41) is 9.45. The molecule has 2 aromatic rings. The summed E-state index contributed by atoms with van der Waals surface area (Å²) in [6, 6.07) is 15.0. The zero-order chi connectivity index (χ0) is 19.9. The van der Waals surface area contributed by atoms with E-state index in [0.29, 0.717) is 11.5 Å². The van der Waals surface area contributed by atoms with Gasteiger partial charge < -0.3 is 14.6 Å². The SMILES string of the molecule is CC(C)(c1ccc(OC[C@@H](O)CCl)cc1)c1ccc(OC[C@H](F)CF)cc1. The van der Waals surface area contributed by atoms with Crippen LogP contribution in [0.15, 0.2) is 48.5 Å². The number of hydrogen-bond donors (Lipinski definition) is 1. The van der Waals surface area contributed by atoms with Crippen molar-refractivity contribution in [3.05, 3.63) is 59.7 Å². The molecule has 0 aromatic heterocycles. The second kappa shape index (κ2) is 9.90. The molecule has 2 rings (SSSR count). The Morgan fingerprint density at radius 3 is 1.78 bits per heavy atom. The van der Waals surface area contributed by atoms with Crippen LogP contribution in [0.5, 0.6) is 11.5 Å². The van der Waals surface area contributed by atoms with E-state index in [1.54, 1.807) is 12.1 Å². The Morgan fingerprint density at radius 1 is 0.926 bits per heavy atom. The maximum Gasteiger partial charge on any atom is 0.162 e. The predicted molar refractivity (Wildman–Crippen MR) is 104 cm³/mol. The lowest BCUT2D eigenvalue weighted by molar-refractivity contribution is 0.125. The first-order valence-electron chi connectivity index (χ1n) is 8.77. The number of aliphatic hydroxyl groups excluding tert-OH is 1. The Hall–Kier alpha value is -1.85. The van der Waals surface area contributed by atoms with Crippen molar-refractivity contribution < 1.29 is 23.4 Å². The molecule has 0 unspecified atom stereocenters. The Labute approximate surface area is 163 Å². The third-order valence-corrected chi connectivity index (χ3v) is 4.73. The van der Waals surface area contributed by atoms with Gasteiger partial charge in [0, 0.05) is 5.41 Å². The van der Waals surface area contributed by atoms with Gasteiger partial charge in [-0.2, -0.15) is 0 Å². The highest BCUT2D eigenvalue weighted by atomic mass is 35.5. The summed E-state index contributed by atoms with van der Waals surface area (Å²) < 4.78 is 35.8. The van der Waals surface area contributed by atoms with Crippen molar-refractivity contribution in [2.24, 2.45) is 0 Å². The summed E-state index contributed by atoms with van der Waals surface area (Å²) in [6.45, 7) is 3.00. The van der Waals surface area contributed by atoms with E-state index in [-0.39, 0.29) is 24.5 Å². The van der Waals surface area contributed by atoms with Crippen molar-refractivity contribution in [1.29, 1.82) is 0 Å². The maximum absolute atomic E-state index is 12.9. The summed E-state index contributed by atoms with van der Waals surface area (Å²) in [5.74, 6) is 1.30. The van der Waals surface area contributed by atoms with Gasteiger partial charge in [-0.15, -0.1) is 11.6 Å². The van der Waals surface area contributed by atoms with Crippen molar-refractivity contribution in [3.63, 3.8) is 0 Å². The van der Waals surface area contributed by atoms with Gasteiger partial charge in [0.15, 0.2) is 6.17 Å². The fourth-order valence-electron chi connectivity index (χ4n) is 2.57. The smallest absolute Gasteiger partial charge is 0.162 e. The highest BCUT2D eigenvalue weighted by Crippen LogP contribution is 2.33. The molecule has 2 atom stereocenters. The summed E-state index contributed by atoms with van der Waals surface area (Å²) in [7, 11) is 0. The van der Waals surface area contributed by atoms with Gasteiger partial charge in [0.25, 0.3) is 0 Å². The molecule has 1 N–H and O–H groups in total. The van der Waals surface area contributed by atoms with Gasteiger partial charge in [-0.3, -0.25) is 0 Å². The second-order valence-corrected chi connectivity index (χ2v) is 7.16. The van der Waals surface area contributed by atoms with Crippen LogP contribution in [0.25, 0.3) is 0 Å². The molecule has 148 valence electrons. The van der Waals surface area contributed by atoms with Crippen LogP contribution in [0.3, 0.4) is 0 Å². The van der Waals surface area contributed by atoms with Gasteiger partial charge in [-0.05, 0) is 35.4 Å². The van der Waals surface area contributed by atoms with Crippen molar-refractivity contribution in [3.8, 4) is 11.5 Å². The van der Waals surface area contributed by atoms with Crippen LogP contribution in [-0.2, 0) is 5.41 Å². The number of aliphatic hydroxyl groups is 1. The normalized spacial score (nSPS) is 13.9. The predicted octanol–water partition coefficient (Wildman–Crippen LogP) is 4.68. The van der Waals surface area contributed by atoms with E-state index in [4.69, 9.17) is 21.1 Å². The molecule has 0 bridgehead atoms. The summed E-state index contributed by atoms with van der Waals surface area (Å²) in [5.41, 5.74) is 1.87. The minimum Gasteiger partial charge on any atom is -0.491 e. The molecule has 0 saturated carbocycles. The van der Waals surface area contributed by atoms with Crippen LogP contribution in [0.2, 0.25) is 0 Å². The minimum atomic E-state index is -1.60. The van der Waals surface area contributed by atoms with Crippen molar-refractivity contribution in [2.75, 3.05) is 25.8 Å². The van der Waals surface area contributed by atoms with Crippen LogP contribution in [0.1, 0.15) is 25.0 Å². The Kier molecular flexibility index (Phi) is 7.87. The summed E-state index contributed by atoms with van der Waals surface area (Å²) >= 11 is 5.55. The highest BCUT2D eigenvalue weighted by Gasteiger charge is 2.23. The number of hydrogen-bond acceptors (Lipinski definition) is 3. The molecule has 6 heteroatoms. The van der Waals surface area contributed by atoms with E-state index in [1.165, 1.54) is 0 Å². The zero-order valence-electron chi connectivity index (χ0n) is 15.5. The van der Waals surface area contributed by atoms with Gasteiger partial charge in [-0.25, -0.2) is 8.78 Å². The average Bonchev–Trinajstić information content (AvgIpc) is 2.70. The quantitative estimate of drug-likeness (QED) is 0.591. The van der Waals surface area contributed by atoms with Crippen LogP contribution in [0, 0.1) is 0 Å². The summed E-state index contributed by atoms with van der Waals surface area (Å²) in [4.78, 5) is 0. The number of benzene rings is 2. The molecule has 0 saturated heterocycles. The fraction of sp³-hybridized carbons (Fsp3) is 0.429. The molecule has 0 fully saturated rings. The van der Waals surface area contributed by atoms with Crippen LogP contribution in [-0.4, -0.2) is 43.2 Å². The lowest BCUT2D eigenvalue weighted by Gasteiger charge is -2.26. The lowest BCUT2D eigenvalue weighted by atomic mass is 9.78. The molecule has 0 radical (unpaired) electrons. The minimum absolute atomic E-state index is 0.130. The van der Waals surface area contributed by atoms with Crippen molar-refractivity contribution in [2.45, 2.75) is 31.5 Å². The third-order valence-electron chi connectivity index (χ3n) is 4.37. The van der Waals surface area contributed by atoms with Crippen molar-refractivity contribution >= 4 is 11.6 Å². The molecule has 2 aromatic carbocycles. The van der Waals surface area contributed by atoms with E-state index >= 15 is 0 Å². The average molecular weight is 399 g/mol. The van der Waals surface area contributed by atoms with E-state index in [2.05, 4.69) is 13.8 Å². The standard InChI is InChI=1S/C21H25ClF2O3/c1-21(2,15-3-7-19(8-4-15)26-13-17(24)12-23)16-5-9-20(10-6-16)27-14-18(25)11-22/h3-10,17-18,25H,11-14H2,1-2H3/t17-,18+/m1/s1. The number of rotatable bonds is 10. The number of alkyl halides is 3. The van der Waals surface area contributed by atoms with Gasteiger partial charge in [0.2, 0.25) is 0 Å². The van der Waals surface area contributed by atoms with Crippen molar-refractivity contribution in [1.82, 2.24) is 0 Å². The molecule has 27 heavy (non-hydrogen) atoms. The van der Waals surface area contributed by atoms with Crippen LogP contribution in [0.4, 0.5) is 8.78 Å². The third kappa shape index (κ3) is 6.08. The van der Waals surface area contributed by atoms with Gasteiger partial charge in [0.1, 0.15) is 37.5 Å². The Morgan fingerprint density at radius 2 is 1.37 bits per heavy atom. The second-order valence-electron chi connectivity index (χ2n) is 6.86. The molecule has 0 heterocycles. The zero-order valence-corrected chi connectivity index (χ0v) is 16.3. The molecule has 0 amide bonds. The van der Waals surface area contributed by atoms with E-state index in [1.807, 2.05) is 36.4 Å². The monoisotopic (exact) mass is 398 g/mol. The molecule has 3 nitrogen and oxygen atoms in total. The molecule has 0 spiro atoms. The van der Waals surface area contributed by atoms with Crippen LogP contribution < -0.4 is 9.47 Å². The van der Waals surface area contributed by atoms with Crippen LogP contribution >= 0.6 is 11.6 Å². The first-order chi connectivity index (χ1) is 12.9. The number of ether oxygens (including phenoxy) is 2. The molecule has 0 aliphatic carbocycles. The highest BCUT2D eigenvalue weighted by molar-refractivity contribution is 6.18. The first-order valence-corrected chi connectivity index (χ1v) is 9.31. The molecule has 0 aliphatic rings. The number of halogens is 3. The molecular formula is C21H25ClF2O3. The van der Waals surface area contributed by atoms with Gasteiger partial charge >= 0.3 is 0 Å². The first kappa shape index (κ1) is 21.5. The van der Waals surface area contributed by atoms with E-state index in [0.717, 1.165) is 11.1 Å². The van der Waals surface area contributed by atoms with E-state index in [9.17, 15) is 13.9 Å². The van der Waals surface area contributed by atoms with Gasteiger partial charge in [-0.1, -0.05) is 38.1 Å². The fourth-order valence-corrected chi connectivity index (χ4v) is 2.66. The van der Waals surface area contributed by atoms with Gasteiger partial charge in [0.05, 0.1) is 5.88 Å². The maximum atomic E-state index is 12.9. The Bertz CT molecular complexity index is 630.